The van der Waals surface area contributed by atoms with Crippen molar-refractivity contribution in [2.24, 2.45) is 0 Å². The second kappa shape index (κ2) is 9.46. The van der Waals surface area contributed by atoms with Gasteiger partial charge in [0.05, 0.1) is 0 Å². The molecule has 1 atom stereocenters. The van der Waals surface area contributed by atoms with Crippen LogP contribution < -0.4 is 24.8 Å². The van der Waals surface area contributed by atoms with Crippen molar-refractivity contribution >= 4 is 27.6 Å². The van der Waals surface area contributed by atoms with E-state index in [1.54, 1.807) is 0 Å². The second-order valence-corrected chi connectivity index (χ2v) is 6.79. The summed E-state index contributed by atoms with van der Waals surface area (Å²) >= 11 is 0. The molecule has 0 spiro atoms. The van der Waals surface area contributed by atoms with Gasteiger partial charge in [-0.3, -0.25) is 0 Å². The number of aliphatic hydroxyl groups is 1. The number of halogens is 2. The van der Waals surface area contributed by atoms with E-state index in [4.69, 9.17) is 0 Å². The van der Waals surface area contributed by atoms with Gasteiger partial charge in [0.2, 0.25) is 0 Å². The van der Waals surface area contributed by atoms with E-state index in [1.165, 1.54) is 43.8 Å². The minimum absolute atomic E-state index is 0. The van der Waals surface area contributed by atoms with Gasteiger partial charge in [-0.05, 0) is 17.5 Å². The van der Waals surface area contributed by atoms with E-state index in [9.17, 15) is 5.11 Å². The summed E-state index contributed by atoms with van der Waals surface area (Å²) in [6.07, 6.45) is 2.98. The Morgan fingerprint density at radius 1 is 0.786 bits per heavy atom. The quantitative estimate of drug-likeness (QED) is 0.393. The Kier molecular flexibility index (Phi) is 7.76. The van der Waals surface area contributed by atoms with E-state index in [-0.39, 0.29) is 63.5 Å². The molecule has 1 N–H and O–H groups in total. The maximum Gasteiger partial charge on any atom is 3.00 e. The number of hydrogen-bond acceptors (Lipinski definition) is 1. The van der Waals surface area contributed by atoms with Crippen molar-refractivity contribution in [2.45, 2.75) is 12.3 Å². The van der Waals surface area contributed by atoms with E-state index in [0.717, 1.165) is 6.42 Å². The van der Waals surface area contributed by atoms with Crippen LogP contribution in [-0.2, 0) is 26.2 Å². The maximum absolute atomic E-state index is 9.56. The fourth-order valence-corrected chi connectivity index (χ4v) is 4.36. The van der Waals surface area contributed by atoms with Gasteiger partial charge in [0.15, 0.2) is 0 Å². The van der Waals surface area contributed by atoms with Crippen LogP contribution >= 0.6 is 0 Å². The molecule has 5 rings (SSSR count). The molecule has 1 radical (unpaired) electrons. The zero-order valence-corrected chi connectivity index (χ0v) is 19.2. The molecule has 4 heteroatoms. The molecule has 1 aliphatic carbocycles. The average molecular weight is 486 g/mol. The van der Waals surface area contributed by atoms with Gasteiger partial charge in [0.25, 0.3) is 0 Å². The molecule has 1 aliphatic rings. The number of fused-ring (bicyclic) bond motifs is 4. The van der Waals surface area contributed by atoms with Crippen LogP contribution in [0.15, 0.2) is 78.4 Å². The summed E-state index contributed by atoms with van der Waals surface area (Å²) in [5.74, 6) is 0.240. The molecule has 0 saturated carbocycles. The molecule has 0 aromatic heterocycles. The second-order valence-electron chi connectivity index (χ2n) is 6.79. The third-order valence-corrected chi connectivity index (χ3v) is 5.42. The number of aliphatic hydroxyl groups excluding tert-OH is 1. The standard InChI is InChI=1S/C24H19O.2ClH.Zr/c25-13-12-18-14-16-6-2-4-9-20(16)24(18)22-11-5-10-21-19-8-3-1-7-17(19)15-23(21)22;;;/h1-11,14-15,24-25H,12-13H2;2*1H;/q-1;;;+3/p-2. The molecule has 4 aromatic rings. The predicted octanol–water partition coefficient (Wildman–Crippen LogP) is -0.371. The van der Waals surface area contributed by atoms with Gasteiger partial charge < -0.3 is 29.9 Å². The molecule has 1 unspecified atom stereocenters. The van der Waals surface area contributed by atoms with Crippen LogP contribution in [0.5, 0.6) is 0 Å². The van der Waals surface area contributed by atoms with Gasteiger partial charge in [-0.2, -0.15) is 0 Å². The minimum Gasteiger partial charge on any atom is -1.00 e. The third-order valence-electron chi connectivity index (χ3n) is 5.42. The normalized spacial score (nSPS) is 14.6. The summed E-state index contributed by atoms with van der Waals surface area (Å²) < 4.78 is 0. The van der Waals surface area contributed by atoms with Gasteiger partial charge in [-0.25, -0.2) is 0 Å². The topological polar surface area (TPSA) is 20.2 Å². The summed E-state index contributed by atoms with van der Waals surface area (Å²) in [6.45, 7) is 0.190. The molecule has 0 aliphatic heterocycles. The molecular weight excluding hydrogens is 466 g/mol. The van der Waals surface area contributed by atoms with Gasteiger partial charge in [0.1, 0.15) is 0 Å². The first-order valence-corrected chi connectivity index (χ1v) is 8.84. The monoisotopic (exact) mass is 483 g/mol. The summed E-state index contributed by atoms with van der Waals surface area (Å²) in [5.41, 5.74) is 5.28. The van der Waals surface area contributed by atoms with Crippen LogP contribution in [0.4, 0.5) is 0 Å². The van der Waals surface area contributed by atoms with Crippen molar-refractivity contribution < 1.29 is 56.1 Å². The predicted molar refractivity (Wildman–Crippen MR) is 105 cm³/mol. The largest absolute Gasteiger partial charge is 3.00 e. The average Bonchev–Trinajstić information content (AvgIpc) is 3.20. The Hall–Kier alpha value is -1.31. The Labute approximate surface area is 196 Å². The Balaban J connectivity index is 0.000000934. The zero-order chi connectivity index (χ0) is 16.8. The van der Waals surface area contributed by atoms with Crippen molar-refractivity contribution in [3.63, 3.8) is 0 Å². The van der Waals surface area contributed by atoms with E-state index >= 15 is 0 Å². The van der Waals surface area contributed by atoms with Crippen molar-refractivity contribution in [2.75, 3.05) is 6.61 Å². The Morgan fingerprint density at radius 2 is 1.46 bits per heavy atom. The van der Waals surface area contributed by atoms with Crippen LogP contribution in [0.2, 0.25) is 0 Å². The van der Waals surface area contributed by atoms with E-state index in [0.29, 0.717) is 0 Å². The van der Waals surface area contributed by atoms with E-state index in [1.807, 2.05) is 0 Å². The van der Waals surface area contributed by atoms with Gasteiger partial charge in [-0.15, -0.1) is 33.7 Å². The fraction of sp³-hybridized carbons (Fsp3) is 0.125. The molecule has 0 saturated heterocycles. The smallest absolute Gasteiger partial charge is 1.00 e. The molecule has 139 valence electrons. The summed E-state index contributed by atoms with van der Waals surface area (Å²) in [7, 11) is 0. The number of hydrogen-bond donors (Lipinski definition) is 1. The minimum atomic E-state index is 0. The molecule has 0 amide bonds. The molecule has 0 fully saturated rings. The Bertz CT molecular complexity index is 1130. The molecule has 1 nitrogen and oxygen atoms in total. The van der Waals surface area contributed by atoms with Gasteiger partial charge in [0, 0.05) is 12.5 Å². The molecule has 4 aromatic carbocycles. The Morgan fingerprint density at radius 3 is 2.29 bits per heavy atom. The van der Waals surface area contributed by atoms with Crippen molar-refractivity contribution in [1.82, 2.24) is 0 Å². The van der Waals surface area contributed by atoms with E-state index < -0.39 is 0 Å². The van der Waals surface area contributed by atoms with Crippen molar-refractivity contribution in [1.29, 1.82) is 0 Å². The van der Waals surface area contributed by atoms with Crippen LogP contribution in [0, 0.1) is 0 Å². The fourth-order valence-electron chi connectivity index (χ4n) is 4.36. The zero-order valence-electron chi connectivity index (χ0n) is 15.2. The van der Waals surface area contributed by atoms with Crippen molar-refractivity contribution in [3.8, 4) is 0 Å². The first kappa shape index (κ1) is 23.0. The van der Waals surface area contributed by atoms with Crippen LogP contribution in [0.3, 0.4) is 0 Å². The summed E-state index contributed by atoms with van der Waals surface area (Å²) in [5, 5.41) is 14.8. The molecule has 28 heavy (non-hydrogen) atoms. The third kappa shape index (κ3) is 3.64. The molecule has 0 bridgehead atoms. The van der Waals surface area contributed by atoms with Crippen molar-refractivity contribution in [3.05, 3.63) is 95.1 Å². The summed E-state index contributed by atoms with van der Waals surface area (Å²) in [4.78, 5) is 0. The maximum atomic E-state index is 9.56. The van der Waals surface area contributed by atoms with Crippen LogP contribution in [0.1, 0.15) is 29.0 Å². The van der Waals surface area contributed by atoms with Gasteiger partial charge in [-0.1, -0.05) is 77.9 Å². The number of rotatable bonds is 3. The van der Waals surface area contributed by atoms with Crippen LogP contribution in [0.25, 0.3) is 27.6 Å². The van der Waals surface area contributed by atoms with Gasteiger partial charge >= 0.3 is 26.2 Å². The first-order chi connectivity index (χ1) is 12.4. The van der Waals surface area contributed by atoms with E-state index in [2.05, 4.69) is 78.9 Å². The van der Waals surface area contributed by atoms with Crippen LogP contribution in [-0.4, -0.2) is 11.7 Å². The summed E-state index contributed by atoms with van der Waals surface area (Å²) in [6, 6.07) is 26.2. The molecule has 0 heterocycles. The SMILES string of the molecule is OCCC1=Cc2ccccc2C1c1cccc2c1[cH-]c1ccccc12.[Cl-].[Cl-].[Zr+3]. The number of benzene rings is 3. The first-order valence-electron chi connectivity index (χ1n) is 8.84. The molecular formula is C24H19Cl2OZr.